The van der Waals surface area contributed by atoms with Crippen molar-refractivity contribution in [2.75, 3.05) is 0 Å². The Bertz CT molecular complexity index is 414. The van der Waals surface area contributed by atoms with E-state index in [4.69, 9.17) is 11.6 Å². The van der Waals surface area contributed by atoms with E-state index in [-0.39, 0.29) is 4.47 Å². The number of aromatic nitrogens is 1. The maximum Gasteiger partial charge on any atom is 0.574 e. The van der Waals surface area contributed by atoms with Gasteiger partial charge in [-0.15, -0.1) is 13.2 Å². The minimum Gasteiger partial charge on any atom is -0.388 e. The number of ether oxygens (including phenoxy) is 1. The average molecular weight is 322 g/mol. The molecule has 1 heterocycles. The monoisotopic (exact) mass is 321 g/mol. The van der Waals surface area contributed by atoms with Crippen LogP contribution in [0.2, 0.25) is 0 Å². The minimum absolute atomic E-state index is 0.278. The van der Waals surface area contributed by atoms with Crippen molar-refractivity contribution in [2.24, 2.45) is 0 Å². The lowest BCUT2D eigenvalue weighted by Gasteiger charge is -2.09. The summed E-state index contributed by atoms with van der Waals surface area (Å²) in [4.78, 5) is 13.5. The molecule has 88 valence electrons. The van der Waals surface area contributed by atoms with E-state index < -0.39 is 29.0 Å². The first-order valence-corrected chi connectivity index (χ1v) is 4.69. The second-order valence-electron chi connectivity index (χ2n) is 2.43. The maximum atomic E-state index is 13.0. The number of hydrogen-bond acceptors (Lipinski definition) is 3. The second kappa shape index (κ2) is 4.54. The third-order valence-corrected chi connectivity index (χ3v) is 2.13. The Morgan fingerprint density at radius 1 is 1.50 bits per heavy atom. The minimum atomic E-state index is -4.99. The van der Waals surface area contributed by atoms with E-state index in [1.165, 1.54) is 0 Å². The molecule has 0 N–H and O–H groups in total. The Balaban J connectivity index is 3.15. The number of hydrogen-bond donors (Lipinski definition) is 0. The fourth-order valence-corrected chi connectivity index (χ4v) is 1.64. The van der Waals surface area contributed by atoms with E-state index in [0.29, 0.717) is 6.07 Å². The summed E-state index contributed by atoms with van der Waals surface area (Å²) in [5.41, 5.74) is -0.656. The molecule has 0 saturated heterocycles. The Morgan fingerprint density at radius 2 is 2.06 bits per heavy atom. The number of pyridine rings is 1. The summed E-state index contributed by atoms with van der Waals surface area (Å²) in [5.74, 6) is -2.48. The Hall–Kier alpha value is -0.890. The van der Waals surface area contributed by atoms with Gasteiger partial charge >= 0.3 is 6.36 Å². The Kier molecular flexibility index (Phi) is 3.74. The highest BCUT2D eigenvalue weighted by Gasteiger charge is 2.32. The van der Waals surface area contributed by atoms with Gasteiger partial charge in [0.25, 0.3) is 5.24 Å². The highest BCUT2D eigenvalue weighted by molar-refractivity contribution is 9.10. The molecule has 16 heavy (non-hydrogen) atoms. The standard InChI is InChI=1S/C7HBrClF4NO2/c8-2-1-3(16-7(11,12)13)14-6(10)4(2)5(9)15/h1H. The average Bonchev–Trinajstić information content (AvgIpc) is 1.96. The third-order valence-electron chi connectivity index (χ3n) is 1.32. The highest BCUT2D eigenvalue weighted by atomic mass is 79.9. The fraction of sp³-hybridized carbons (Fsp3) is 0.143. The molecule has 0 atom stereocenters. The lowest BCUT2D eigenvalue weighted by molar-refractivity contribution is -0.276. The van der Waals surface area contributed by atoms with Crippen LogP contribution in [0.3, 0.4) is 0 Å². The molecule has 3 nitrogen and oxygen atoms in total. The van der Waals surface area contributed by atoms with Crippen LogP contribution in [0.25, 0.3) is 0 Å². The van der Waals surface area contributed by atoms with Gasteiger partial charge in [-0.3, -0.25) is 4.79 Å². The number of nitrogens with zero attached hydrogens (tertiary/aromatic N) is 1. The molecular weight excluding hydrogens is 321 g/mol. The van der Waals surface area contributed by atoms with Gasteiger partial charge in [-0.1, -0.05) is 0 Å². The van der Waals surface area contributed by atoms with Crippen molar-refractivity contribution in [1.82, 2.24) is 4.98 Å². The Labute approximate surface area is 99.5 Å². The van der Waals surface area contributed by atoms with Crippen molar-refractivity contribution in [2.45, 2.75) is 6.36 Å². The zero-order chi connectivity index (χ0) is 12.5. The molecule has 0 saturated carbocycles. The van der Waals surface area contributed by atoms with Crippen molar-refractivity contribution in [3.8, 4) is 5.88 Å². The molecule has 0 aromatic carbocycles. The molecule has 1 rings (SSSR count). The van der Waals surface area contributed by atoms with Crippen LogP contribution in [-0.4, -0.2) is 16.6 Å². The van der Waals surface area contributed by atoms with Gasteiger partial charge < -0.3 is 4.74 Å². The first-order valence-electron chi connectivity index (χ1n) is 3.52. The first-order chi connectivity index (χ1) is 7.20. The molecule has 0 fully saturated rings. The van der Waals surface area contributed by atoms with Crippen LogP contribution in [-0.2, 0) is 0 Å². The van der Waals surface area contributed by atoms with Gasteiger partial charge in [-0.25, -0.2) is 0 Å². The van der Waals surface area contributed by atoms with Gasteiger partial charge in [0.05, 0.1) is 0 Å². The number of rotatable bonds is 2. The van der Waals surface area contributed by atoms with E-state index in [1.807, 2.05) is 0 Å². The van der Waals surface area contributed by atoms with Gasteiger partial charge in [0.1, 0.15) is 5.56 Å². The van der Waals surface area contributed by atoms with Crippen LogP contribution < -0.4 is 4.74 Å². The molecule has 0 aliphatic carbocycles. The summed E-state index contributed by atoms with van der Waals surface area (Å²) in [6, 6.07) is 0.687. The molecule has 1 aromatic heterocycles. The predicted molar refractivity (Wildman–Crippen MR) is 48.8 cm³/mol. The molecule has 0 amide bonds. The molecule has 1 aromatic rings. The molecule has 9 heteroatoms. The van der Waals surface area contributed by atoms with Gasteiger partial charge in [-0.05, 0) is 27.5 Å². The van der Waals surface area contributed by atoms with E-state index in [9.17, 15) is 22.4 Å². The molecule has 0 bridgehead atoms. The highest BCUT2D eigenvalue weighted by Crippen LogP contribution is 2.28. The van der Waals surface area contributed by atoms with Gasteiger partial charge in [-0.2, -0.15) is 9.37 Å². The smallest absolute Gasteiger partial charge is 0.388 e. The largest absolute Gasteiger partial charge is 0.574 e. The van der Waals surface area contributed by atoms with Crippen LogP contribution >= 0.6 is 27.5 Å². The number of alkyl halides is 3. The summed E-state index contributed by atoms with van der Waals surface area (Å²) < 4.78 is 51.4. The summed E-state index contributed by atoms with van der Waals surface area (Å²) in [5, 5.41) is -1.18. The third kappa shape index (κ3) is 3.31. The molecular formula is C7HBrClF4NO2. The van der Waals surface area contributed by atoms with Crippen molar-refractivity contribution in [3.63, 3.8) is 0 Å². The lowest BCUT2D eigenvalue weighted by atomic mass is 10.3. The van der Waals surface area contributed by atoms with Crippen molar-refractivity contribution in [3.05, 3.63) is 22.1 Å². The van der Waals surface area contributed by atoms with Crippen LogP contribution in [0, 0.1) is 5.95 Å². The summed E-state index contributed by atoms with van der Waals surface area (Å²) in [6.07, 6.45) is -4.99. The van der Waals surface area contributed by atoms with Crippen LogP contribution in [0.4, 0.5) is 17.6 Å². The molecule has 0 spiro atoms. The first kappa shape index (κ1) is 13.2. The number of carbonyl (C=O) groups excluding carboxylic acids is 1. The van der Waals surface area contributed by atoms with Crippen molar-refractivity contribution >= 4 is 32.8 Å². The fourth-order valence-electron chi connectivity index (χ4n) is 0.810. The molecule has 0 radical (unpaired) electrons. The van der Waals surface area contributed by atoms with Crippen molar-refractivity contribution in [1.29, 1.82) is 0 Å². The molecule has 0 unspecified atom stereocenters. The lowest BCUT2D eigenvalue weighted by Crippen LogP contribution is -2.18. The topological polar surface area (TPSA) is 39.2 Å². The molecule has 0 aliphatic rings. The van der Waals surface area contributed by atoms with E-state index in [2.05, 4.69) is 25.7 Å². The van der Waals surface area contributed by atoms with Gasteiger partial charge in [0.15, 0.2) is 0 Å². The zero-order valence-electron chi connectivity index (χ0n) is 7.11. The van der Waals surface area contributed by atoms with E-state index >= 15 is 0 Å². The summed E-state index contributed by atoms with van der Waals surface area (Å²) in [6.45, 7) is 0. The molecule has 0 aliphatic heterocycles. The Morgan fingerprint density at radius 3 is 2.44 bits per heavy atom. The van der Waals surface area contributed by atoms with Crippen molar-refractivity contribution < 1.29 is 27.1 Å². The predicted octanol–water partition coefficient (Wildman–Crippen LogP) is 3.26. The van der Waals surface area contributed by atoms with Gasteiger partial charge in [0.2, 0.25) is 11.8 Å². The van der Waals surface area contributed by atoms with E-state index in [1.54, 1.807) is 0 Å². The normalized spacial score (nSPS) is 11.4. The maximum absolute atomic E-state index is 13.0. The SMILES string of the molecule is O=C(Cl)c1c(Br)cc(OC(F)(F)F)nc1F. The van der Waals surface area contributed by atoms with Crippen LogP contribution in [0.5, 0.6) is 5.88 Å². The van der Waals surface area contributed by atoms with Crippen LogP contribution in [0.1, 0.15) is 10.4 Å². The number of halogens is 6. The van der Waals surface area contributed by atoms with Gasteiger partial charge in [0, 0.05) is 10.5 Å². The number of carbonyl (C=O) groups is 1. The zero-order valence-corrected chi connectivity index (χ0v) is 9.45. The quantitative estimate of drug-likeness (QED) is 0.477. The van der Waals surface area contributed by atoms with Crippen LogP contribution in [0.15, 0.2) is 10.5 Å². The summed E-state index contributed by atoms with van der Waals surface area (Å²) in [7, 11) is 0. The van der Waals surface area contributed by atoms with E-state index in [0.717, 1.165) is 0 Å². The summed E-state index contributed by atoms with van der Waals surface area (Å²) >= 11 is 7.66. The second-order valence-corrected chi connectivity index (χ2v) is 3.63.